The zero-order chi connectivity index (χ0) is 25.2. The fourth-order valence-electron chi connectivity index (χ4n) is 3.66. The zero-order valence-corrected chi connectivity index (χ0v) is 20.7. The van der Waals surface area contributed by atoms with Crippen molar-refractivity contribution in [1.82, 2.24) is 9.78 Å². The third kappa shape index (κ3) is 5.04. The van der Waals surface area contributed by atoms with Crippen molar-refractivity contribution >= 4 is 27.3 Å². The molecule has 0 aliphatic rings. The highest BCUT2D eigenvalue weighted by atomic mass is 32.2. The second-order valence-corrected chi connectivity index (χ2v) is 9.76. The van der Waals surface area contributed by atoms with E-state index in [4.69, 9.17) is 4.74 Å². The van der Waals surface area contributed by atoms with E-state index in [0.717, 1.165) is 16.9 Å². The van der Waals surface area contributed by atoms with E-state index >= 15 is 0 Å². The number of aromatic nitrogens is 2. The summed E-state index contributed by atoms with van der Waals surface area (Å²) in [4.78, 5) is 12.9. The first-order valence-electron chi connectivity index (χ1n) is 10.9. The van der Waals surface area contributed by atoms with Crippen molar-refractivity contribution in [3.8, 4) is 11.4 Å². The highest BCUT2D eigenvalue weighted by Crippen LogP contribution is 2.27. The van der Waals surface area contributed by atoms with Gasteiger partial charge in [-0.15, -0.1) is 0 Å². The maximum Gasteiger partial charge on any atom is 0.262 e. The van der Waals surface area contributed by atoms with E-state index in [-0.39, 0.29) is 10.8 Å². The fraction of sp³-hybridized carbons (Fsp3) is 0.154. The smallest absolute Gasteiger partial charge is 0.262 e. The van der Waals surface area contributed by atoms with E-state index in [1.165, 1.54) is 31.4 Å². The molecule has 0 aliphatic carbocycles. The van der Waals surface area contributed by atoms with Crippen LogP contribution in [0.3, 0.4) is 0 Å². The SMILES string of the molecule is COc1ccccc1NS(=O)(=O)c1ccc(C(=O)Nc2c(C)nn(-c3ccc(C)cc3)c2C)cc1. The molecule has 35 heavy (non-hydrogen) atoms. The van der Waals surface area contributed by atoms with Crippen LogP contribution in [0.1, 0.15) is 27.3 Å². The molecule has 1 heterocycles. The average Bonchev–Trinajstić information content (AvgIpc) is 3.13. The Kier molecular flexibility index (Phi) is 6.61. The highest BCUT2D eigenvalue weighted by Gasteiger charge is 2.19. The van der Waals surface area contributed by atoms with Crippen LogP contribution in [0.4, 0.5) is 11.4 Å². The molecular formula is C26H26N4O4S. The van der Waals surface area contributed by atoms with E-state index in [0.29, 0.717) is 28.4 Å². The van der Waals surface area contributed by atoms with Crippen LogP contribution >= 0.6 is 0 Å². The van der Waals surface area contributed by atoms with Crippen LogP contribution in [-0.4, -0.2) is 31.2 Å². The molecule has 0 radical (unpaired) electrons. The molecule has 0 bridgehead atoms. The number of carbonyl (C=O) groups is 1. The summed E-state index contributed by atoms with van der Waals surface area (Å²) in [6.45, 7) is 5.73. The number of rotatable bonds is 7. The number of benzene rings is 3. The topological polar surface area (TPSA) is 102 Å². The largest absolute Gasteiger partial charge is 0.495 e. The molecule has 4 rings (SSSR count). The number of methoxy groups -OCH3 is 1. The first-order chi connectivity index (χ1) is 16.7. The third-order valence-electron chi connectivity index (χ3n) is 5.59. The van der Waals surface area contributed by atoms with Gasteiger partial charge in [-0.3, -0.25) is 9.52 Å². The van der Waals surface area contributed by atoms with Gasteiger partial charge in [0.25, 0.3) is 15.9 Å². The first kappa shape index (κ1) is 24.0. The lowest BCUT2D eigenvalue weighted by Gasteiger charge is -2.12. The molecular weight excluding hydrogens is 464 g/mol. The number of nitrogens with zero attached hydrogens (tertiary/aromatic N) is 2. The molecule has 0 unspecified atom stereocenters. The fourth-order valence-corrected chi connectivity index (χ4v) is 4.74. The van der Waals surface area contributed by atoms with Gasteiger partial charge in [-0.05, 0) is 69.3 Å². The molecule has 0 spiro atoms. The van der Waals surface area contributed by atoms with E-state index in [2.05, 4.69) is 15.1 Å². The summed E-state index contributed by atoms with van der Waals surface area (Å²) in [7, 11) is -2.40. The lowest BCUT2D eigenvalue weighted by atomic mass is 10.2. The number of aryl methyl sites for hydroxylation is 2. The Hall–Kier alpha value is -4.11. The van der Waals surface area contributed by atoms with Crippen molar-refractivity contribution < 1.29 is 17.9 Å². The molecule has 8 nitrogen and oxygen atoms in total. The van der Waals surface area contributed by atoms with Crippen molar-refractivity contribution in [2.45, 2.75) is 25.7 Å². The van der Waals surface area contributed by atoms with Crippen molar-refractivity contribution in [2.75, 3.05) is 17.1 Å². The van der Waals surface area contributed by atoms with Crippen LogP contribution in [0.5, 0.6) is 5.75 Å². The third-order valence-corrected chi connectivity index (χ3v) is 6.97. The van der Waals surface area contributed by atoms with Gasteiger partial charge in [-0.1, -0.05) is 29.8 Å². The number of ether oxygens (including phenoxy) is 1. The standard InChI is InChI=1S/C26H26N4O4S/c1-17-9-13-21(14-10-17)30-19(3)25(18(2)28-30)27-26(31)20-11-15-22(16-12-20)35(32,33)29-23-7-5-6-8-24(23)34-4/h5-16,29H,1-4H3,(H,27,31). The number of hydrogen-bond acceptors (Lipinski definition) is 5. The van der Waals surface area contributed by atoms with Crippen LogP contribution in [0.25, 0.3) is 5.69 Å². The second kappa shape index (κ2) is 9.63. The highest BCUT2D eigenvalue weighted by molar-refractivity contribution is 7.92. The Balaban J connectivity index is 1.52. The van der Waals surface area contributed by atoms with Gasteiger partial charge in [0.2, 0.25) is 0 Å². The first-order valence-corrected chi connectivity index (χ1v) is 12.4. The molecule has 0 aliphatic heterocycles. The molecule has 3 aromatic carbocycles. The Morgan fingerprint density at radius 1 is 0.914 bits per heavy atom. The number of carbonyl (C=O) groups excluding carboxylic acids is 1. The second-order valence-electron chi connectivity index (χ2n) is 8.08. The number of anilines is 2. The van der Waals surface area contributed by atoms with E-state index in [1.54, 1.807) is 28.9 Å². The summed E-state index contributed by atoms with van der Waals surface area (Å²) >= 11 is 0. The Morgan fingerprint density at radius 3 is 2.23 bits per heavy atom. The van der Waals surface area contributed by atoms with Crippen LogP contribution in [0.15, 0.2) is 77.7 Å². The molecule has 4 aromatic rings. The molecule has 0 saturated heterocycles. The number of nitrogens with one attached hydrogen (secondary N) is 2. The number of para-hydroxylation sites is 2. The van der Waals surface area contributed by atoms with Crippen LogP contribution in [0, 0.1) is 20.8 Å². The molecule has 2 N–H and O–H groups in total. The summed E-state index contributed by atoms with van der Waals surface area (Å²) in [5, 5.41) is 7.47. The van der Waals surface area contributed by atoms with Gasteiger partial charge in [-0.25, -0.2) is 13.1 Å². The van der Waals surface area contributed by atoms with Crippen molar-refractivity contribution in [3.05, 3.63) is 95.3 Å². The molecule has 9 heteroatoms. The van der Waals surface area contributed by atoms with Gasteiger partial charge < -0.3 is 10.1 Å². The van der Waals surface area contributed by atoms with Gasteiger partial charge in [0.15, 0.2) is 0 Å². The average molecular weight is 491 g/mol. The molecule has 180 valence electrons. The zero-order valence-electron chi connectivity index (χ0n) is 19.9. The Bertz CT molecular complexity index is 1480. The normalized spacial score (nSPS) is 11.2. The van der Waals surface area contributed by atoms with E-state index in [1.807, 2.05) is 45.0 Å². The minimum Gasteiger partial charge on any atom is -0.495 e. The van der Waals surface area contributed by atoms with E-state index in [9.17, 15) is 13.2 Å². The van der Waals surface area contributed by atoms with Crippen molar-refractivity contribution in [1.29, 1.82) is 0 Å². The maximum absolute atomic E-state index is 12.9. The Labute approximate surface area is 204 Å². The molecule has 0 atom stereocenters. The summed E-state index contributed by atoms with van der Waals surface area (Å²) in [6.07, 6.45) is 0. The Morgan fingerprint density at radius 2 is 1.57 bits per heavy atom. The van der Waals surface area contributed by atoms with Crippen molar-refractivity contribution in [3.63, 3.8) is 0 Å². The van der Waals surface area contributed by atoms with Gasteiger partial charge in [0.05, 0.1) is 40.5 Å². The lowest BCUT2D eigenvalue weighted by Crippen LogP contribution is -2.15. The minimum atomic E-state index is -3.87. The summed E-state index contributed by atoms with van der Waals surface area (Å²) in [6, 6.07) is 20.4. The predicted octanol–water partition coefficient (Wildman–Crippen LogP) is 4.86. The summed E-state index contributed by atoms with van der Waals surface area (Å²) < 4.78 is 35.1. The van der Waals surface area contributed by atoms with Crippen LogP contribution in [0.2, 0.25) is 0 Å². The van der Waals surface area contributed by atoms with Gasteiger partial charge >= 0.3 is 0 Å². The van der Waals surface area contributed by atoms with Crippen LogP contribution in [-0.2, 0) is 10.0 Å². The van der Waals surface area contributed by atoms with Gasteiger partial charge in [0.1, 0.15) is 5.75 Å². The van der Waals surface area contributed by atoms with Gasteiger partial charge in [-0.2, -0.15) is 5.10 Å². The monoisotopic (exact) mass is 490 g/mol. The van der Waals surface area contributed by atoms with E-state index < -0.39 is 10.0 Å². The van der Waals surface area contributed by atoms with Crippen LogP contribution < -0.4 is 14.8 Å². The molecule has 0 saturated carbocycles. The summed E-state index contributed by atoms with van der Waals surface area (Å²) in [5.74, 6) is 0.0466. The molecule has 0 fully saturated rings. The van der Waals surface area contributed by atoms with Crippen molar-refractivity contribution in [2.24, 2.45) is 0 Å². The predicted molar refractivity (Wildman–Crippen MR) is 136 cm³/mol. The van der Waals surface area contributed by atoms with Gasteiger partial charge in [0, 0.05) is 5.56 Å². The maximum atomic E-state index is 12.9. The number of hydrogen-bond donors (Lipinski definition) is 2. The number of sulfonamides is 1. The quantitative estimate of drug-likeness (QED) is 0.385. The molecule has 1 amide bonds. The lowest BCUT2D eigenvalue weighted by molar-refractivity contribution is 0.102. The molecule has 1 aromatic heterocycles. The minimum absolute atomic E-state index is 0.0273. The summed E-state index contributed by atoms with van der Waals surface area (Å²) in [5.41, 5.74) is 4.78. The number of amides is 1.